The van der Waals surface area contributed by atoms with Crippen molar-refractivity contribution in [1.82, 2.24) is 0 Å². The molecule has 0 radical (unpaired) electrons. The SMILES string of the molecule is C1CC[C@@H]2CCC[S+]2CC1. The highest BCUT2D eigenvalue weighted by molar-refractivity contribution is 7.97. The van der Waals surface area contributed by atoms with Crippen molar-refractivity contribution in [3.8, 4) is 0 Å². The lowest BCUT2D eigenvalue weighted by Gasteiger charge is -2.05. The van der Waals surface area contributed by atoms with Gasteiger partial charge in [-0.2, -0.15) is 0 Å². The second-order valence-corrected chi connectivity index (χ2v) is 6.12. The van der Waals surface area contributed by atoms with Crippen LogP contribution in [-0.2, 0) is 10.9 Å². The molecule has 0 spiro atoms. The molecule has 2 rings (SSSR count). The van der Waals surface area contributed by atoms with Crippen LogP contribution in [0.5, 0.6) is 0 Å². The van der Waals surface area contributed by atoms with Crippen LogP contribution < -0.4 is 0 Å². The fraction of sp³-hybridized carbons (Fsp3) is 1.00. The Morgan fingerprint density at radius 3 is 2.60 bits per heavy atom. The van der Waals surface area contributed by atoms with Crippen molar-refractivity contribution in [3.05, 3.63) is 0 Å². The van der Waals surface area contributed by atoms with E-state index in [0.717, 1.165) is 10.9 Å². The summed E-state index contributed by atoms with van der Waals surface area (Å²) in [6.07, 6.45) is 9.30. The molecule has 0 aromatic heterocycles. The Hall–Kier alpha value is 0.350. The number of hydrogen-bond acceptors (Lipinski definition) is 0. The maximum Gasteiger partial charge on any atom is 0.118 e. The summed E-state index contributed by atoms with van der Waals surface area (Å²) >= 11 is 0. The summed E-state index contributed by atoms with van der Waals surface area (Å²) in [5.41, 5.74) is 0. The van der Waals surface area contributed by atoms with Crippen molar-refractivity contribution in [1.29, 1.82) is 0 Å². The molecule has 0 aromatic carbocycles. The molecule has 0 aliphatic carbocycles. The van der Waals surface area contributed by atoms with Crippen molar-refractivity contribution >= 4 is 10.9 Å². The smallest absolute Gasteiger partial charge is 0.0487 e. The van der Waals surface area contributed by atoms with Crippen molar-refractivity contribution < 1.29 is 0 Å². The van der Waals surface area contributed by atoms with E-state index in [1.807, 2.05) is 0 Å². The van der Waals surface area contributed by atoms with E-state index >= 15 is 0 Å². The van der Waals surface area contributed by atoms with Crippen molar-refractivity contribution in [2.45, 2.75) is 43.8 Å². The zero-order chi connectivity index (χ0) is 6.81. The van der Waals surface area contributed by atoms with Crippen LogP contribution in [0.15, 0.2) is 0 Å². The van der Waals surface area contributed by atoms with E-state index in [1.165, 1.54) is 18.1 Å². The van der Waals surface area contributed by atoms with Gasteiger partial charge in [0.2, 0.25) is 0 Å². The summed E-state index contributed by atoms with van der Waals surface area (Å²) in [6.45, 7) is 0. The lowest BCUT2D eigenvalue weighted by atomic mass is 10.1. The quantitative estimate of drug-likeness (QED) is 0.473. The largest absolute Gasteiger partial charge is 0.118 e. The van der Waals surface area contributed by atoms with E-state index in [1.54, 1.807) is 37.2 Å². The number of hydrogen-bond donors (Lipinski definition) is 0. The molecule has 0 saturated carbocycles. The Labute approximate surface area is 66.7 Å². The molecular formula is C9H17S+. The maximum absolute atomic E-state index is 1.59. The molecule has 2 atom stereocenters. The zero-order valence-corrected chi connectivity index (χ0v) is 7.46. The molecule has 1 unspecified atom stereocenters. The summed E-state index contributed by atoms with van der Waals surface area (Å²) < 4.78 is 0. The van der Waals surface area contributed by atoms with Gasteiger partial charge in [0.05, 0.1) is 0 Å². The summed E-state index contributed by atoms with van der Waals surface area (Å²) in [4.78, 5) is 0. The first-order valence-corrected chi connectivity index (χ1v) is 6.26. The van der Waals surface area contributed by atoms with Gasteiger partial charge in [-0.05, 0) is 49.4 Å². The van der Waals surface area contributed by atoms with Gasteiger partial charge in [-0.15, -0.1) is 0 Å². The highest BCUT2D eigenvalue weighted by atomic mass is 32.2. The van der Waals surface area contributed by atoms with Gasteiger partial charge in [-0.3, -0.25) is 0 Å². The molecule has 2 heterocycles. The summed E-state index contributed by atoms with van der Waals surface area (Å²) in [7, 11) is 0.897. The first-order chi connectivity index (χ1) is 4.97. The van der Waals surface area contributed by atoms with E-state index in [0.29, 0.717) is 0 Å². The predicted octanol–water partition coefficient (Wildman–Crippen LogP) is 2.34. The Kier molecular flexibility index (Phi) is 2.22. The van der Waals surface area contributed by atoms with E-state index < -0.39 is 0 Å². The standard InChI is InChI=1S/C9H17S/c1-2-5-9-6-4-8-10(9)7-3-1/h9H,1-8H2/q+1/t9-,10?/m1/s1. The number of rotatable bonds is 0. The van der Waals surface area contributed by atoms with Crippen LogP contribution in [0.4, 0.5) is 0 Å². The van der Waals surface area contributed by atoms with E-state index in [4.69, 9.17) is 0 Å². The Balaban J connectivity index is 1.95. The molecule has 0 N–H and O–H groups in total. The minimum atomic E-state index is 0.897. The van der Waals surface area contributed by atoms with Crippen molar-refractivity contribution in [2.75, 3.05) is 11.5 Å². The van der Waals surface area contributed by atoms with Crippen LogP contribution in [0.1, 0.15) is 38.5 Å². The Morgan fingerprint density at radius 2 is 1.60 bits per heavy atom. The molecule has 0 amide bonds. The minimum Gasteiger partial charge on any atom is -0.0487 e. The molecule has 10 heavy (non-hydrogen) atoms. The summed E-state index contributed by atoms with van der Waals surface area (Å²) in [5, 5.41) is 1.18. The second-order valence-electron chi connectivity index (χ2n) is 3.56. The Bertz CT molecular complexity index is 99.3. The molecule has 58 valence electrons. The first-order valence-electron chi connectivity index (χ1n) is 4.63. The van der Waals surface area contributed by atoms with E-state index in [9.17, 15) is 0 Å². The third-order valence-corrected chi connectivity index (χ3v) is 5.88. The Morgan fingerprint density at radius 1 is 0.800 bits per heavy atom. The highest BCUT2D eigenvalue weighted by Gasteiger charge is 2.36. The molecule has 2 aliphatic rings. The van der Waals surface area contributed by atoms with Crippen LogP contribution in [0, 0.1) is 0 Å². The molecular weight excluding hydrogens is 140 g/mol. The van der Waals surface area contributed by atoms with Gasteiger partial charge in [-0.25, -0.2) is 0 Å². The molecule has 0 bridgehead atoms. The van der Waals surface area contributed by atoms with Gasteiger partial charge in [0, 0.05) is 0 Å². The van der Waals surface area contributed by atoms with Gasteiger partial charge in [0.25, 0.3) is 0 Å². The maximum atomic E-state index is 1.59. The first kappa shape index (κ1) is 7.02. The van der Waals surface area contributed by atoms with Gasteiger partial charge in [-0.1, -0.05) is 0 Å². The van der Waals surface area contributed by atoms with Crippen LogP contribution in [0.25, 0.3) is 0 Å². The molecule has 1 heteroatoms. The average molecular weight is 157 g/mol. The second kappa shape index (κ2) is 3.17. The minimum absolute atomic E-state index is 0.897. The fourth-order valence-corrected chi connectivity index (χ4v) is 5.23. The van der Waals surface area contributed by atoms with Gasteiger partial charge in [0.15, 0.2) is 0 Å². The topological polar surface area (TPSA) is 0 Å². The fourth-order valence-electron chi connectivity index (χ4n) is 2.25. The van der Waals surface area contributed by atoms with Crippen molar-refractivity contribution in [3.63, 3.8) is 0 Å². The van der Waals surface area contributed by atoms with Crippen LogP contribution in [0.3, 0.4) is 0 Å². The average Bonchev–Trinajstić information content (AvgIpc) is 2.28. The van der Waals surface area contributed by atoms with Crippen molar-refractivity contribution in [2.24, 2.45) is 0 Å². The zero-order valence-electron chi connectivity index (χ0n) is 6.64. The molecule has 0 aromatic rings. The molecule has 2 aliphatic heterocycles. The monoisotopic (exact) mass is 157 g/mol. The van der Waals surface area contributed by atoms with Crippen LogP contribution in [0.2, 0.25) is 0 Å². The number of fused-ring (bicyclic) bond motifs is 1. The van der Waals surface area contributed by atoms with E-state index in [-0.39, 0.29) is 0 Å². The van der Waals surface area contributed by atoms with Crippen LogP contribution in [-0.4, -0.2) is 16.8 Å². The molecule has 2 fully saturated rings. The van der Waals surface area contributed by atoms with Gasteiger partial charge < -0.3 is 0 Å². The lowest BCUT2D eigenvalue weighted by Crippen LogP contribution is -2.17. The normalized spacial score (nSPS) is 40.8. The summed E-state index contributed by atoms with van der Waals surface area (Å²) in [6, 6.07) is 0. The van der Waals surface area contributed by atoms with Gasteiger partial charge >= 0.3 is 0 Å². The molecule has 2 saturated heterocycles. The van der Waals surface area contributed by atoms with E-state index in [2.05, 4.69) is 0 Å². The summed E-state index contributed by atoms with van der Waals surface area (Å²) in [5.74, 6) is 3.18. The third-order valence-electron chi connectivity index (χ3n) is 2.84. The highest BCUT2D eigenvalue weighted by Crippen LogP contribution is 2.30. The molecule has 0 nitrogen and oxygen atoms in total. The van der Waals surface area contributed by atoms with Crippen LogP contribution >= 0.6 is 0 Å². The lowest BCUT2D eigenvalue weighted by molar-refractivity contribution is 0.644. The third kappa shape index (κ3) is 1.34. The predicted molar refractivity (Wildman–Crippen MR) is 48.6 cm³/mol. The van der Waals surface area contributed by atoms with Gasteiger partial charge in [0.1, 0.15) is 16.8 Å².